The van der Waals surface area contributed by atoms with Gasteiger partial charge in [0.05, 0.1) is 10.6 Å². The van der Waals surface area contributed by atoms with Gasteiger partial charge in [0.2, 0.25) is 0 Å². The molecule has 0 radical (unpaired) electrons. The molecule has 0 aliphatic carbocycles. The lowest BCUT2D eigenvalue weighted by Gasteiger charge is -2.26. The lowest BCUT2D eigenvalue weighted by Crippen LogP contribution is -2.47. The van der Waals surface area contributed by atoms with Crippen LogP contribution in [0.25, 0.3) is 0 Å². The molecule has 27 heavy (non-hydrogen) atoms. The molecule has 0 saturated heterocycles. The van der Waals surface area contributed by atoms with E-state index in [4.69, 9.17) is 0 Å². The van der Waals surface area contributed by atoms with E-state index in [-0.39, 0.29) is 35.8 Å². The third-order valence-corrected chi connectivity index (χ3v) is 6.37. The Morgan fingerprint density at radius 3 is 2.52 bits per heavy atom. The molecule has 0 saturated carbocycles. The van der Waals surface area contributed by atoms with Gasteiger partial charge in [-0.25, -0.2) is 8.42 Å². The van der Waals surface area contributed by atoms with Crippen LogP contribution in [0.5, 0.6) is 0 Å². The molecule has 0 amide bonds. The van der Waals surface area contributed by atoms with Crippen molar-refractivity contribution in [3.8, 4) is 0 Å². The lowest BCUT2D eigenvalue weighted by atomic mass is 10.1. The highest BCUT2D eigenvalue weighted by molar-refractivity contribution is 14.0. The van der Waals surface area contributed by atoms with Gasteiger partial charge in [-0.3, -0.25) is 4.99 Å². The van der Waals surface area contributed by atoms with Crippen molar-refractivity contribution >= 4 is 39.8 Å². The molecule has 0 aliphatic rings. The van der Waals surface area contributed by atoms with E-state index in [1.165, 1.54) is 0 Å². The molecular weight excluding hydrogens is 473 g/mol. The molecule has 1 N–H and O–H groups in total. The number of hydrogen-bond donors (Lipinski definition) is 1. The Morgan fingerprint density at radius 2 is 2.00 bits per heavy atom. The van der Waals surface area contributed by atoms with E-state index < -0.39 is 9.84 Å². The first-order valence-electron chi connectivity index (χ1n) is 9.10. The standard InChI is InChI=1S/C20H33N3O2S.HI/c1-7-9-10-13-23(6)20(21-5)22-18(8-2)15-26(24,25)19-12-11-16(3)17(4)14-19;/h7,11-12,14,18H,1,8-10,13,15H2,2-6H3,(H,21,22);1H. The molecule has 7 heteroatoms. The van der Waals surface area contributed by atoms with Crippen molar-refractivity contribution in [3.05, 3.63) is 42.0 Å². The molecule has 1 atom stereocenters. The van der Waals surface area contributed by atoms with Crippen LogP contribution < -0.4 is 5.32 Å². The van der Waals surface area contributed by atoms with E-state index in [1.807, 2.05) is 44.9 Å². The Balaban J connectivity index is 0.00000676. The fourth-order valence-electron chi connectivity index (χ4n) is 2.64. The monoisotopic (exact) mass is 507 g/mol. The van der Waals surface area contributed by atoms with E-state index >= 15 is 0 Å². The average Bonchev–Trinajstić information content (AvgIpc) is 2.60. The van der Waals surface area contributed by atoms with Gasteiger partial charge in [-0.05, 0) is 56.4 Å². The van der Waals surface area contributed by atoms with Crippen molar-refractivity contribution in [3.63, 3.8) is 0 Å². The second kappa shape index (κ2) is 12.4. The van der Waals surface area contributed by atoms with Crippen LogP contribution >= 0.6 is 24.0 Å². The lowest BCUT2D eigenvalue weighted by molar-refractivity contribution is 0.456. The van der Waals surface area contributed by atoms with Crippen molar-refractivity contribution < 1.29 is 8.42 Å². The quantitative estimate of drug-likeness (QED) is 0.181. The molecule has 1 aromatic carbocycles. The van der Waals surface area contributed by atoms with E-state index in [0.29, 0.717) is 11.3 Å². The summed E-state index contributed by atoms with van der Waals surface area (Å²) in [6, 6.07) is 5.12. The van der Waals surface area contributed by atoms with Crippen LogP contribution in [-0.4, -0.2) is 51.7 Å². The number of aryl methyl sites for hydroxylation is 2. The van der Waals surface area contributed by atoms with E-state index in [2.05, 4.69) is 16.9 Å². The Bertz CT molecular complexity index is 733. The zero-order chi connectivity index (χ0) is 19.7. The molecule has 1 unspecified atom stereocenters. The summed E-state index contributed by atoms with van der Waals surface area (Å²) in [5.41, 5.74) is 2.08. The third kappa shape index (κ3) is 8.21. The molecule has 0 aromatic heterocycles. The van der Waals surface area contributed by atoms with Gasteiger partial charge in [-0.15, -0.1) is 30.6 Å². The summed E-state index contributed by atoms with van der Waals surface area (Å²) in [6.45, 7) is 10.5. The van der Waals surface area contributed by atoms with E-state index in [9.17, 15) is 8.42 Å². The molecule has 0 spiro atoms. The predicted molar refractivity (Wildman–Crippen MR) is 126 cm³/mol. The maximum Gasteiger partial charge on any atom is 0.193 e. The summed E-state index contributed by atoms with van der Waals surface area (Å²) in [6.07, 6.45) is 4.52. The van der Waals surface area contributed by atoms with Gasteiger partial charge in [0.25, 0.3) is 0 Å². The fraction of sp³-hybridized carbons (Fsp3) is 0.550. The SMILES string of the molecule is C=CCCCN(C)C(=NC)NC(CC)CS(=O)(=O)c1ccc(C)c(C)c1.I. The van der Waals surface area contributed by atoms with Crippen molar-refractivity contribution in [2.45, 2.75) is 51.0 Å². The number of nitrogens with one attached hydrogen (secondary N) is 1. The van der Waals surface area contributed by atoms with Crippen LogP contribution in [0.1, 0.15) is 37.3 Å². The van der Waals surface area contributed by atoms with Crippen molar-refractivity contribution in [1.82, 2.24) is 10.2 Å². The molecule has 0 bridgehead atoms. The average molecular weight is 507 g/mol. The van der Waals surface area contributed by atoms with Crippen molar-refractivity contribution in [2.75, 3.05) is 26.4 Å². The highest BCUT2D eigenvalue weighted by Gasteiger charge is 2.22. The number of benzene rings is 1. The van der Waals surface area contributed by atoms with Crippen LogP contribution in [0.3, 0.4) is 0 Å². The second-order valence-electron chi connectivity index (χ2n) is 6.68. The molecule has 1 aromatic rings. The number of nitrogens with zero attached hydrogens (tertiary/aromatic N) is 2. The maximum atomic E-state index is 12.8. The third-order valence-electron chi connectivity index (χ3n) is 4.56. The zero-order valence-corrected chi connectivity index (χ0v) is 20.3. The van der Waals surface area contributed by atoms with Gasteiger partial charge < -0.3 is 10.2 Å². The second-order valence-corrected chi connectivity index (χ2v) is 8.71. The number of rotatable bonds is 9. The normalized spacial score (nSPS) is 12.9. The Morgan fingerprint density at radius 1 is 1.33 bits per heavy atom. The van der Waals surface area contributed by atoms with Gasteiger partial charge in [0.15, 0.2) is 15.8 Å². The van der Waals surface area contributed by atoms with Gasteiger partial charge in [0, 0.05) is 26.7 Å². The molecule has 0 aliphatic heterocycles. The van der Waals surface area contributed by atoms with Crippen LogP contribution in [0.2, 0.25) is 0 Å². The Hall–Kier alpha value is -1.09. The van der Waals surface area contributed by atoms with Crippen LogP contribution in [-0.2, 0) is 9.84 Å². The minimum Gasteiger partial charge on any atom is -0.352 e. The Labute approximate surface area is 182 Å². The molecule has 0 heterocycles. The smallest absolute Gasteiger partial charge is 0.193 e. The molecule has 154 valence electrons. The van der Waals surface area contributed by atoms with Crippen LogP contribution in [0.15, 0.2) is 40.7 Å². The number of hydrogen-bond acceptors (Lipinski definition) is 3. The summed E-state index contributed by atoms with van der Waals surface area (Å²) in [5, 5.41) is 3.30. The summed E-state index contributed by atoms with van der Waals surface area (Å²) in [5.74, 6) is 0.766. The minimum atomic E-state index is -3.36. The first-order chi connectivity index (χ1) is 12.2. The van der Waals surface area contributed by atoms with Gasteiger partial charge in [0.1, 0.15) is 0 Å². The summed E-state index contributed by atoms with van der Waals surface area (Å²) < 4.78 is 25.6. The minimum absolute atomic E-state index is 0. The molecule has 0 fully saturated rings. The Kier molecular flexibility index (Phi) is 11.9. The number of guanidine groups is 1. The van der Waals surface area contributed by atoms with E-state index in [0.717, 1.165) is 36.5 Å². The number of aliphatic imine (C=N–C) groups is 1. The predicted octanol–water partition coefficient (Wildman–Crippen LogP) is 3.95. The summed E-state index contributed by atoms with van der Waals surface area (Å²) >= 11 is 0. The van der Waals surface area contributed by atoms with Crippen molar-refractivity contribution in [2.24, 2.45) is 4.99 Å². The summed E-state index contributed by atoms with van der Waals surface area (Å²) in [4.78, 5) is 6.70. The fourth-order valence-corrected chi connectivity index (χ4v) is 4.31. The van der Waals surface area contributed by atoms with Crippen molar-refractivity contribution in [1.29, 1.82) is 0 Å². The topological polar surface area (TPSA) is 61.8 Å². The molecule has 1 rings (SSSR count). The van der Waals surface area contributed by atoms with Gasteiger partial charge >= 0.3 is 0 Å². The largest absolute Gasteiger partial charge is 0.352 e. The van der Waals surface area contributed by atoms with Gasteiger partial charge in [-0.2, -0.15) is 0 Å². The number of unbranched alkanes of at least 4 members (excludes halogenated alkanes) is 1. The highest BCUT2D eigenvalue weighted by Crippen LogP contribution is 2.17. The van der Waals surface area contributed by atoms with Crippen LogP contribution in [0, 0.1) is 13.8 Å². The van der Waals surface area contributed by atoms with Gasteiger partial charge in [-0.1, -0.05) is 19.1 Å². The summed E-state index contributed by atoms with van der Waals surface area (Å²) in [7, 11) is 0.320. The first kappa shape index (κ1) is 25.9. The number of sulfone groups is 1. The number of allylic oxidation sites excluding steroid dienone is 1. The highest BCUT2D eigenvalue weighted by atomic mass is 127. The van der Waals surface area contributed by atoms with Crippen LogP contribution in [0.4, 0.5) is 0 Å². The first-order valence-corrected chi connectivity index (χ1v) is 10.8. The zero-order valence-electron chi connectivity index (χ0n) is 17.2. The van der Waals surface area contributed by atoms with E-state index in [1.54, 1.807) is 19.2 Å². The molecular formula is C20H34IN3O2S. The number of halogens is 1. The molecule has 5 nitrogen and oxygen atoms in total. The maximum absolute atomic E-state index is 12.8.